The lowest BCUT2D eigenvalue weighted by Crippen LogP contribution is -1.98. The van der Waals surface area contributed by atoms with Crippen molar-refractivity contribution in [2.75, 3.05) is 0 Å². The summed E-state index contributed by atoms with van der Waals surface area (Å²) in [5.74, 6) is 1.00. The van der Waals surface area contributed by atoms with Crippen LogP contribution in [-0.2, 0) is 0 Å². The molecule has 0 saturated heterocycles. The summed E-state index contributed by atoms with van der Waals surface area (Å²) in [7, 11) is 0. The van der Waals surface area contributed by atoms with Gasteiger partial charge < -0.3 is 5.11 Å². The molecule has 0 heterocycles. The molecule has 0 aromatic carbocycles. The highest BCUT2D eigenvalue weighted by Gasteiger charge is 2.04. The fourth-order valence-electron chi connectivity index (χ4n) is 3.13. The number of unbranched alkanes of at least 4 members (excludes halogenated alkanes) is 11. The van der Waals surface area contributed by atoms with Crippen LogP contribution in [0.1, 0.15) is 117 Å². The molecule has 1 nitrogen and oxygen atoms in total. The monoisotopic (exact) mass is 297 g/mol. The zero-order valence-electron chi connectivity index (χ0n) is 14.9. The van der Waals surface area contributed by atoms with Gasteiger partial charge in [0.1, 0.15) is 0 Å². The first-order valence-electron chi connectivity index (χ1n) is 9.81. The molecule has 0 aliphatic heterocycles. The summed E-state index contributed by atoms with van der Waals surface area (Å²) in [4.78, 5) is 0. The molecule has 0 aliphatic carbocycles. The summed E-state index contributed by atoms with van der Waals surface area (Å²) in [6.45, 7) is 5.96. The highest BCUT2D eigenvalue weighted by molar-refractivity contribution is 4.58. The molecule has 1 atom stereocenters. The highest BCUT2D eigenvalue weighted by atomic mass is 16.2. The van der Waals surface area contributed by atoms with Crippen LogP contribution in [0, 0.1) is 12.5 Å². The number of aliphatic hydroxyl groups excluding tert-OH is 1. The van der Waals surface area contributed by atoms with E-state index in [2.05, 4.69) is 13.8 Å². The molecular formula is C20H41O. The molecule has 1 unspecified atom stereocenters. The van der Waals surface area contributed by atoms with E-state index in [0.717, 1.165) is 18.8 Å². The maximum Gasteiger partial charge on any atom is 0.0799 e. The largest absolute Gasteiger partial charge is 0.390 e. The van der Waals surface area contributed by atoms with Crippen molar-refractivity contribution in [2.24, 2.45) is 5.92 Å². The third-order valence-electron chi connectivity index (χ3n) is 4.74. The lowest BCUT2D eigenvalue weighted by molar-refractivity contribution is 0.366. The average Bonchev–Trinajstić information content (AvgIpc) is 2.51. The van der Waals surface area contributed by atoms with Crippen molar-refractivity contribution in [1.82, 2.24) is 0 Å². The summed E-state index contributed by atoms with van der Waals surface area (Å²) < 4.78 is 0. The lowest BCUT2D eigenvalue weighted by Gasteiger charge is -2.13. The van der Waals surface area contributed by atoms with E-state index in [1.165, 1.54) is 96.5 Å². The van der Waals surface area contributed by atoms with E-state index in [0.29, 0.717) is 0 Å². The number of rotatable bonds is 17. The Morgan fingerprint density at radius 2 is 1.14 bits per heavy atom. The van der Waals surface area contributed by atoms with Crippen molar-refractivity contribution in [2.45, 2.75) is 117 Å². The molecule has 1 N–H and O–H groups in total. The molecule has 0 aliphatic rings. The molecule has 0 bridgehead atoms. The second-order valence-corrected chi connectivity index (χ2v) is 6.71. The summed E-state index contributed by atoms with van der Waals surface area (Å²) in [5.41, 5.74) is 0. The van der Waals surface area contributed by atoms with Gasteiger partial charge in [-0.1, -0.05) is 110 Å². The third-order valence-corrected chi connectivity index (χ3v) is 4.74. The third kappa shape index (κ3) is 16.2. The Labute approximate surface area is 134 Å². The van der Waals surface area contributed by atoms with Crippen LogP contribution < -0.4 is 0 Å². The van der Waals surface area contributed by atoms with E-state index in [1.54, 1.807) is 0 Å². The quantitative estimate of drug-likeness (QED) is 0.277. The summed E-state index contributed by atoms with van der Waals surface area (Å²) in [6.07, 6.45) is 21.8. The van der Waals surface area contributed by atoms with Gasteiger partial charge in [-0.2, -0.15) is 0 Å². The van der Waals surface area contributed by atoms with E-state index in [9.17, 15) is 0 Å². The fourth-order valence-corrected chi connectivity index (χ4v) is 3.13. The Kier molecular flexibility index (Phi) is 18.0. The van der Waals surface area contributed by atoms with Gasteiger partial charge in [0.25, 0.3) is 0 Å². The van der Waals surface area contributed by atoms with Gasteiger partial charge in [-0.15, -0.1) is 0 Å². The molecule has 127 valence electrons. The van der Waals surface area contributed by atoms with Crippen molar-refractivity contribution in [3.05, 3.63) is 6.61 Å². The molecule has 1 heteroatoms. The van der Waals surface area contributed by atoms with Crippen LogP contribution in [0.3, 0.4) is 0 Å². The number of hydrogen-bond acceptors (Lipinski definition) is 1. The molecule has 0 amide bonds. The van der Waals surface area contributed by atoms with Crippen LogP contribution in [0.15, 0.2) is 0 Å². The van der Waals surface area contributed by atoms with Gasteiger partial charge in [-0.3, -0.25) is 0 Å². The van der Waals surface area contributed by atoms with Crippen LogP contribution in [0.4, 0.5) is 0 Å². The van der Waals surface area contributed by atoms with Crippen LogP contribution in [0.2, 0.25) is 0 Å². The topological polar surface area (TPSA) is 20.2 Å². The van der Waals surface area contributed by atoms with Gasteiger partial charge in [0.2, 0.25) is 0 Å². The van der Waals surface area contributed by atoms with Crippen molar-refractivity contribution in [1.29, 1.82) is 0 Å². The SMILES string of the molecule is CCCCC(CC)CCCCCCCCCCCC[CH]O. The van der Waals surface area contributed by atoms with Gasteiger partial charge in [-0.05, 0) is 12.3 Å². The van der Waals surface area contributed by atoms with Crippen molar-refractivity contribution >= 4 is 0 Å². The maximum atomic E-state index is 8.58. The molecule has 0 aromatic heterocycles. The van der Waals surface area contributed by atoms with E-state index in [-0.39, 0.29) is 0 Å². The van der Waals surface area contributed by atoms with Crippen LogP contribution >= 0.6 is 0 Å². The van der Waals surface area contributed by atoms with Gasteiger partial charge in [0.05, 0.1) is 6.61 Å². The average molecular weight is 298 g/mol. The minimum atomic E-state index is 0.872. The Morgan fingerprint density at radius 3 is 1.62 bits per heavy atom. The zero-order valence-corrected chi connectivity index (χ0v) is 14.9. The Bertz CT molecular complexity index is 179. The first-order valence-corrected chi connectivity index (χ1v) is 9.81. The predicted octanol–water partition coefficient (Wildman–Crippen LogP) is 7.42. The lowest BCUT2D eigenvalue weighted by atomic mass is 9.93. The van der Waals surface area contributed by atoms with Gasteiger partial charge >= 0.3 is 0 Å². The summed E-state index contributed by atoms with van der Waals surface area (Å²) in [5, 5.41) is 8.58. The van der Waals surface area contributed by atoms with Crippen LogP contribution in [0.25, 0.3) is 0 Å². The van der Waals surface area contributed by atoms with Crippen molar-refractivity contribution < 1.29 is 5.11 Å². The van der Waals surface area contributed by atoms with Crippen molar-refractivity contribution in [3.8, 4) is 0 Å². The van der Waals surface area contributed by atoms with Crippen LogP contribution in [0.5, 0.6) is 0 Å². The normalized spacial score (nSPS) is 12.7. The molecule has 0 aromatic rings. The predicted molar refractivity (Wildman–Crippen MR) is 94.9 cm³/mol. The molecule has 0 spiro atoms. The smallest absolute Gasteiger partial charge is 0.0799 e. The van der Waals surface area contributed by atoms with E-state index in [1.807, 2.05) is 0 Å². The highest BCUT2D eigenvalue weighted by Crippen LogP contribution is 2.20. The first-order chi connectivity index (χ1) is 10.3. The molecule has 1 radical (unpaired) electrons. The summed E-state index contributed by atoms with van der Waals surface area (Å²) in [6, 6.07) is 0. The molecule has 0 saturated carbocycles. The first kappa shape index (κ1) is 21.0. The number of hydrogen-bond donors (Lipinski definition) is 1. The van der Waals surface area contributed by atoms with Gasteiger partial charge in [-0.25, -0.2) is 0 Å². The van der Waals surface area contributed by atoms with E-state index >= 15 is 0 Å². The molecular weight excluding hydrogens is 256 g/mol. The second-order valence-electron chi connectivity index (χ2n) is 6.71. The maximum absolute atomic E-state index is 8.58. The van der Waals surface area contributed by atoms with E-state index in [4.69, 9.17) is 5.11 Å². The zero-order chi connectivity index (χ0) is 15.6. The number of aliphatic hydroxyl groups is 1. The summed E-state index contributed by atoms with van der Waals surface area (Å²) >= 11 is 0. The van der Waals surface area contributed by atoms with Crippen LogP contribution in [-0.4, -0.2) is 5.11 Å². The Hall–Kier alpha value is -0.0400. The Balaban J connectivity index is 3.14. The molecule has 0 rings (SSSR count). The van der Waals surface area contributed by atoms with Gasteiger partial charge in [0, 0.05) is 0 Å². The molecule has 0 fully saturated rings. The van der Waals surface area contributed by atoms with Gasteiger partial charge in [0.15, 0.2) is 0 Å². The Morgan fingerprint density at radius 1 is 0.667 bits per heavy atom. The van der Waals surface area contributed by atoms with E-state index < -0.39 is 0 Å². The second kappa shape index (κ2) is 18.0. The fraction of sp³-hybridized carbons (Fsp3) is 0.950. The minimum absolute atomic E-state index is 0.872. The molecule has 21 heavy (non-hydrogen) atoms. The standard InChI is InChI=1S/C20H41O/c1-3-5-17-20(4-2)18-15-13-11-9-7-6-8-10-12-14-16-19-21/h19-21H,3-18H2,1-2H3. The van der Waals surface area contributed by atoms with Crippen molar-refractivity contribution in [3.63, 3.8) is 0 Å². The minimum Gasteiger partial charge on any atom is -0.390 e.